The Morgan fingerprint density at radius 3 is 2.65 bits per heavy atom. The maximum atomic E-state index is 11.9. The summed E-state index contributed by atoms with van der Waals surface area (Å²) >= 11 is 1.72. The van der Waals surface area contributed by atoms with Crippen LogP contribution in [-0.4, -0.2) is 31.7 Å². The molecule has 1 aromatic heterocycles. The molecule has 0 fully saturated rings. The number of carbonyl (C=O) groups is 1. The largest absolute Gasteiger partial charge is 0.467 e. The molecule has 0 saturated heterocycles. The summed E-state index contributed by atoms with van der Waals surface area (Å²) in [5, 5.41) is 9.02. The van der Waals surface area contributed by atoms with Gasteiger partial charge in [-0.1, -0.05) is 12.1 Å². The van der Waals surface area contributed by atoms with Crippen LogP contribution in [0.2, 0.25) is 0 Å². The summed E-state index contributed by atoms with van der Waals surface area (Å²) in [5.74, 6) is 1.18. The zero-order chi connectivity index (χ0) is 18.1. The summed E-state index contributed by atoms with van der Waals surface area (Å²) in [4.78, 5) is 17.3. The van der Waals surface area contributed by atoms with Crippen LogP contribution in [0.1, 0.15) is 16.9 Å². The Kier molecular flexibility index (Phi) is 10.2. The average Bonchev–Trinajstić information content (AvgIpc) is 3.14. The van der Waals surface area contributed by atoms with Crippen molar-refractivity contribution in [3.63, 3.8) is 0 Å². The summed E-state index contributed by atoms with van der Waals surface area (Å²) in [5.41, 5.74) is 2.44. The summed E-state index contributed by atoms with van der Waals surface area (Å²) in [6, 6.07) is 9.98. The van der Waals surface area contributed by atoms with Crippen molar-refractivity contribution in [3.8, 4) is 0 Å². The number of aryl methyl sites for hydroxylation is 1. The van der Waals surface area contributed by atoms with Crippen LogP contribution < -0.4 is 16.0 Å². The highest BCUT2D eigenvalue weighted by Crippen LogP contribution is 2.21. The Hall–Kier alpha value is -1.68. The molecule has 1 aromatic carbocycles. The number of aliphatic imine (C=N–C) groups is 1. The van der Waals surface area contributed by atoms with E-state index < -0.39 is 0 Å². The first-order chi connectivity index (χ1) is 12.1. The van der Waals surface area contributed by atoms with Crippen molar-refractivity contribution in [1.29, 1.82) is 0 Å². The highest BCUT2D eigenvalue weighted by Gasteiger charge is 2.06. The number of thioether (sulfide) groups is 1. The van der Waals surface area contributed by atoms with Crippen molar-refractivity contribution >= 4 is 47.6 Å². The predicted molar refractivity (Wildman–Crippen MR) is 117 cm³/mol. The second-order valence-corrected chi connectivity index (χ2v) is 6.30. The monoisotopic (exact) mass is 488 g/mol. The fourth-order valence-corrected chi connectivity index (χ4v) is 2.93. The van der Waals surface area contributed by atoms with Gasteiger partial charge in [-0.15, -0.1) is 35.7 Å². The molecule has 1 heterocycles. The number of benzene rings is 1. The topological polar surface area (TPSA) is 78.7 Å². The van der Waals surface area contributed by atoms with Crippen LogP contribution in [0.4, 0.5) is 0 Å². The number of nitrogens with zero attached hydrogens (tertiary/aromatic N) is 1. The van der Waals surface area contributed by atoms with Crippen molar-refractivity contribution in [2.75, 3.05) is 19.8 Å². The van der Waals surface area contributed by atoms with Gasteiger partial charge in [0.25, 0.3) is 0 Å². The third-order valence-corrected chi connectivity index (χ3v) is 4.39. The van der Waals surface area contributed by atoms with Crippen LogP contribution in [0.15, 0.2) is 50.9 Å². The highest BCUT2D eigenvalue weighted by atomic mass is 127. The van der Waals surface area contributed by atoms with E-state index in [1.807, 2.05) is 6.07 Å². The molecule has 0 bridgehead atoms. The first kappa shape index (κ1) is 22.4. The van der Waals surface area contributed by atoms with Gasteiger partial charge >= 0.3 is 0 Å². The fraction of sp³-hybridized carbons (Fsp3) is 0.333. The third kappa shape index (κ3) is 7.28. The van der Waals surface area contributed by atoms with Gasteiger partial charge in [-0.2, -0.15) is 0 Å². The molecule has 0 aliphatic heterocycles. The van der Waals surface area contributed by atoms with Crippen molar-refractivity contribution in [2.24, 2.45) is 4.99 Å². The van der Waals surface area contributed by atoms with Crippen molar-refractivity contribution in [3.05, 3.63) is 53.5 Å². The van der Waals surface area contributed by atoms with E-state index in [4.69, 9.17) is 4.42 Å². The number of rotatable bonds is 7. The lowest BCUT2D eigenvalue weighted by Gasteiger charge is -2.14. The minimum Gasteiger partial charge on any atom is -0.467 e. The lowest BCUT2D eigenvalue weighted by atomic mass is 10.1. The molecule has 0 atom stereocenters. The number of halogens is 1. The molecule has 0 aliphatic carbocycles. The van der Waals surface area contributed by atoms with Gasteiger partial charge in [0.1, 0.15) is 5.76 Å². The quantitative estimate of drug-likeness (QED) is 0.242. The van der Waals surface area contributed by atoms with Gasteiger partial charge in [-0.3, -0.25) is 9.79 Å². The van der Waals surface area contributed by atoms with Crippen LogP contribution in [0.25, 0.3) is 0 Å². The molecule has 0 spiro atoms. The molecule has 3 N–H and O–H groups in total. The maximum Gasteiger partial charge on any atom is 0.239 e. The average molecular weight is 488 g/mol. The van der Waals surface area contributed by atoms with E-state index >= 15 is 0 Å². The molecular formula is C18H25IN4O2S. The van der Waals surface area contributed by atoms with Gasteiger partial charge in [-0.05, 0) is 42.5 Å². The van der Waals surface area contributed by atoms with Crippen LogP contribution in [0.3, 0.4) is 0 Å². The molecule has 0 aliphatic rings. The number of carbonyl (C=O) groups excluding carboxylic acids is 1. The van der Waals surface area contributed by atoms with E-state index in [9.17, 15) is 4.79 Å². The van der Waals surface area contributed by atoms with Gasteiger partial charge in [0.2, 0.25) is 5.91 Å². The smallest absolute Gasteiger partial charge is 0.239 e. The summed E-state index contributed by atoms with van der Waals surface area (Å²) in [7, 11) is 1.68. The van der Waals surface area contributed by atoms with Crippen molar-refractivity contribution in [2.45, 2.75) is 24.9 Å². The standard InChI is InChI=1S/C18H24N4O2S.HI/c1-13-6-7-14(16(9-13)25-3)10-21-18(19-2)22-12-17(23)20-11-15-5-4-8-24-15;/h4-9H,10-12H2,1-3H3,(H,20,23)(H2,19,21,22);1H. The number of nitrogens with one attached hydrogen (secondary N) is 3. The number of guanidine groups is 1. The third-order valence-electron chi connectivity index (χ3n) is 3.57. The van der Waals surface area contributed by atoms with E-state index in [1.54, 1.807) is 31.1 Å². The van der Waals surface area contributed by atoms with Crippen LogP contribution in [0.5, 0.6) is 0 Å². The SMILES string of the molecule is CN=C(NCC(=O)NCc1ccco1)NCc1ccc(C)cc1SC.I. The fourth-order valence-electron chi connectivity index (χ4n) is 2.22. The zero-order valence-electron chi connectivity index (χ0n) is 15.2. The number of furan rings is 1. The lowest BCUT2D eigenvalue weighted by Crippen LogP contribution is -2.42. The zero-order valence-corrected chi connectivity index (χ0v) is 18.3. The van der Waals surface area contributed by atoms with Crippen molar-refractivity contribution in [1.82, 2.24) is 16.0 Å². The Bertz CT molecular complexity index is 720. The number of hydrogen-bond acceptors (Lipinski definition) is 4. The van der Waals surface area contributed by atoms with Gasteiger partial charge < -0.3 is 20.4 Å². The highest BCUT2D eigenvalue weighted by molar-refractivity contribution is 14.0. The molecule has 0 unspecified atom stereocenters. The molecule has 0 saturated carbocycles. The first-order valence-electron chi connectivity index (χ1n) is 7.99. The molecular weight excluding hydrogens is 463 g/mol. The number of amides is 1. The Labute approximate surface area is 175 Å². The Balaban J connectivity index is 0.00000338. The summed E-state index contributed by atoms with van der Waals surface area (Å²) in [6.07, 6.45) is 3.65. The molecule has 1 amide bonds. The van der Waals surface area contributed by atoms with E-state index in [2.05, 4.69) is 52.3 Å². The Morgan fingerprint density at radius 2 is 2.00 bits per heavy atom. The molecule has 6 nitrogen and oxygen atoms in total. The minimum atomic E-state index is -0.125. The molecule has 2 aromatic rings. The molecule has 0 radical (unpaired) electrons. The van der Waals surface area contributed by atoms with Gasteiger partial charge in [-0.25, -0.2) is 0 Å². The van der Waals surface area contributed by atoms with Crippen LogP contribution in [0, 0.1) is 6.92 Å². The van der Waals surface area contributed by atoms with E-state index in [0.29, 0.717) is 19.0 Å². The van der Waals surface area contributed by atoms with Gasteiger partial charge in [0.15, 0.2) is 5.96 Å². The minimum absolute atomic E-state index is 0. The van der Waals surface area contributed by atoms with Crippen LogP contribution >= 0.6 is 35.7 Å². The Morgan fingerprint density at radius 1 is 1.19 bits per heavy atom. The van der Waals surface area contributed by atoms with E-state index in [-0.39, 0.29) is 36.4 Å². The molecule has 26 heavy (non-hydrogen) atoms. The van der Waals surface area contributed by atoms with Crippen LogP contribution in [-0.2, 0) is 17.9 Å². The predicted octanol–water partition coefficient (Wildman–Crippen LogP) is 2.91. The van der Waals surface area contributed by atoms with Gasteiger partial charge in [0, 0.05) is 18.5 Å². The lowest BCUT2D eigenvalue weighted by molar-refractivity contribution is -0.120. The molecule has 142 valence electrons. The molecule has 8 heteroatoms. The second kappa shape index (κ2) is 11.8. The molecule has 2 rings (SSSR count). The normalized spacial score (nSPS) is 10.8. The number of hydrogen-bond donors (Lipinski definition) is 3. The van der Waals surface area contributed by atoms with Gasteiger partial charge in [0.05, 0.1) is 19.4 Å². The van der Waals surface area contributed by atoms with E-state index in [1.165, 1.54) is 16.0 Å². The van der Waals surface area contributed by atoms with E-state index in [0.717, 1.165) is 5.76 Å². The summed E-state index contributed by atoms with van der Waals surface area (Å²) < 4.78 is 5.18. The summed E-state index contributed by atoms with van der Waals surface area (Å²) in [6.45, 7) is 3.24. The van der Waals surface area contributed by atoms with Crippen molar-refractivity contribution < 1.29 is 9.21 Å². The first-order valence-corrected chi connectivity index (χ1v) is 9.22. The second-order valence-electron chi connectivity index (χ2n) is 5.45. The maximum absolute atomic E-state index is 11.9.